The van der Waals surface area contributed by atoms with E-state index in [-0.39, 0.29) is 42.1 Å². The molecule has 0 saturated carbocycles. The van der Waals surface area contributed by atoms with Crippen molar-refractivity contribution in [1.29, 1.82) is 5.41 Å². The molecule has 1 unspecified atom stereocenters. The molecular formula is C28H38F2N8O. The molecule has 1 aliphatic rings. The molecule has 0 radical (unpaired) electrons. The highest BCUT2D eigenvalue weighted by molar-refractivity contribution is 6.12. The maximum absolute atomic E-state index is 14.6. The van der Waals surface area contributed by atoms with Gasteiger partial charge in [-0.1, -0.05) is 19.9 Å². The fourth-order valence-corrected chi connectivity index (χ4v) is 3.52. The van der Waals surface area contributed by atoms with E-state index in [0.29, 0.717) is 12.1 Å². The van der Waals surface area contributed by atoms with Crippen LogP contribution < -0.4 is 21.3 Å². The van der Waals surface area contributed by atoms with E-state index in [1.807, 2.05) is 32.1 Å². The second kappa shape index (κ2) is 15.3. The van der Waals surface area contributed by atoms with Gasteiger partial charge in [0.05, 0.1) is 18.6 Å². The van der Waals surface area contributed by atoms with Crippen molar-refractivity contribution in [1.82, 2.24) is 21.3 Å². The molecule has 0 saturated heterocycles. The first-order valence-corrected chi connectivity index (χ1v) is 12.9. The third-order valence-electron chi connectivity index (χ3n) is 5.87. The lowest BCUT2D eigenvalue weighted by Crippen LogP contribution is -2.41. The van der Waals surface area contributed by atoms with Gasteiger partial charge in [0.2, 0.25) is 5.96 Å². The molecule has 2 amide bonds. The first-order chi connectivity index (χ1) is 18.6. The van der Waals surface area contributed by atoms with Gasteiger partial charge < -0.3 is 21.3 Å². The van der Waals surface area contributed by atoms with Gasteiger partial charge in [-0.25, -0.2) is 18.6 Å². The number of aliphatic imine (C=N–C) groups is 3. The average Bonchev–Trinajstić information content (AvgIpc) is 2.91. The van der Waals surface area contributed by atoms with Gasteiger partial charge in [0, 0.05) is 30.9 Å². The SMILES string of the molecule is C/C=C1/C=C(N/C(=N/C(=O)NCc2cc(F)cc(CC)c2F)NCC(=N)/N=C\NC)C(C)=C/C1=N/C(C)CC. The molecular weight excluding hydrogens is 502 g/mol. The molecule has 1 aromatic carbocycles. The van der Waals surface area contributed by atoms with Crippen molar-refractivity contribution in [2.75, 3.05) is 13.6 Å². The molecule has 1 atom stereocenters. The highest BCUT2D eigenvalue weighted by Crippen LogP contribution is 2.20. The molecule has 0 aromatic heterocycles. The number of hydrogen-bond acceptors (Lipinski definition) is 3. The molecule has 1 aliphatic carbocycles. The lowest BCUT2D eigenvalue weighted by Gasteiger charge is -2.20. The van der Waals surface area contributed by atoms with Crippen LogP contribution in [0.2, 0.25) is 0 Å². The predicted octanol–water partition coefficient (Wildman–Crippen LogP) is 4.53. The van der Waals surface area contributed by atoms with E-state index in [1.54, 1.807) is 14.0 Å². The second-order valence-corrected chi connectivity index (χ2v) is 8.88. The van der Waals surface area contributed by atoms with Crippen LogP contribution in [0.3, 0.4) is 0 Å². The van der Waals surface area contributed by atoms with Crippen LogP contribution in [0.15, 0.2) is 62.2 Å². The molecule has 9 nitrogen and oxygen atoms in total. The number of amidine groups is 1. The van der Waals surface area contributed by atoms with Gasteiger partial charge in [0.1, 0.15) is 17.5 Å². The molecule has 11 heteroatoms. The Balaban J connectivity index is 2.28. The Morgan fingerprint density at radius 2 is 1.87 bits per heavy atom. The van der Waals surface area contributed by atoms with Crippen LogP contribution >= 0.6 is 0 Å². The average molecular weight is 541 g/mol. The van der Waals surface area contributed by atoms with Crippen molar-refractivity contribution in [3.8, 4) is 0 Å². The van der Waals surface area contributed by atoms with Crippen LogP contribution in [0, 0.1) is 17.0 Å². The van der Waals surface area contributed by atoms with E-state index < -0.39 is 17.7 Å². The van der Waals surface area contributed by atoms with Crippen LogP contribution in [0.25, 0.3) is 0 Å². The minimum absolute atomic E-state index is 0.00445. The smallest absolute Gasteiger partial charge is 0.344 e. The highest BCUT2D eigenvalue weighted by atomic mass is 19.1. The topological polar surface area (TPSA) is 126 Å². The van der Waals surface area contributed by atoms with Crippen molar-refractivity contribution < 1.29 is 13.6 Å². The molecule has 2 rings (SSSR count). The second-order valence-electron chi connectivity index (χ2n) is 8.88. The van der Waals surface area contributed by atoms with Gasteiger partial charge >= 0.3 is 6.03 Å². The minimum atomic E-state index is -0.778. The fraction of sp³-hybridized carbons (Fsp3) is 0.393. The Bertz CT molecular complexity index is 1240. The van der Waals surface area contributed by atoms with Crippen molar-refractivity contribution in [3.63, 3.8) is 0 Å². The molecule has 0 aliphatic heterocycles. The number of allylic oxidation sites excluding steroid dienone is 5. The zero-order valence-corrected chi connectivity index (χ0v) is 23.4. The van der Waals surface area contributed by atoms with Gasteiger partial charge in [-0.3, -0.25) is 10.4 Å². The van der Waals surface area contributed by atoms with Gasteiger partial charge in [-0.2, -0.15) is 4.99 Å². The summed E-state index contributed by atoms with van der Waals surface area (Å²) in [7, 11) is 1.66. The summed E-state index contributed by atoms with van der Waals surface area (Å²) < 4.78 is 28.5. The molecule has 1 aromatic rings. The fourth-order valence-electron chi connectivity index (χ4n) is 3.52. The maximum Gasteiger partial charge on any atom is 0.344 e. The standard InChI is InChI=1S/C28H38F2N8O/c1-7-18(5)36-24-10-17(4)23(13-19(24)8-2)37-27(33-15-25(31)35-16-32-6)38-28(39)34-14-21-12-22(29)11-20(9-3)26(21)30/h8,10-13,16,18H,7,9,14-15H2,1-6H3,(H2,31,32,35)(H3,33,34,37,38,39)/b19-8-,36-24-. The molecule has 39 heavy (non-hydrogen) atoms. The zero-order chi connectivity index (χ0) is 28.9. The number of carbonyl (C=O) groups is 1. The van der Waals surface area contributed by atoms with Crippen LogP contribution in [0.4, 0.5) is 13.6 Å². The van der Waals surface area contributed by atoms with Crippen LogP contribution in [0.1, 0.15) is 52.2 Å². The van der Waals surface area contributed by atoms with Crippen molar-refractivity contribution in [2.24, 2.45) is 15.0 Å². The van der Waals surface area contributed by atoms with Crippen molar-refractivity contribution in [3.05, 3.63) is 70.0 Å². The predicted molar refractivity (Wildman–Crippen MR) is 155 cm³/mol. The molecule has 5 N–H and O–H groups in total. The number of urea groups is 1. The Morgan fingerprint density at radius 1 is 1.15 bits per heavy atom. The maximum atomic E-state index is 14.6. The zero-order valence-electron chi connectivity index (χ0n) is 23.4. The highest BCUT2D eigenvalue weighted by Gasteiger charge is 2.17. The first-order valence-electron chi connectivity index (χ1n) is 12.9. The van der Waals surface area contributed by atoms with Gasteiger partial charge in [-0.15, -0.1) is 0 Å². The monoisotopic (exact) mass is 540 g/mol. The number of benzene rings is 1. The molecule has 0 bridgehead atoms. The first kappa shape index (κ1) is 31.1. The summed E-state index contributed by atoms with van der Waals surface area (Å²) in [6.45, 7) is 9.42. The lowest BCUT2D eigenvalue weighted by molar-refractivity contribution is 0.248. The molecule has 0 heterocycles. The number of rotatable bonds is 9. The van der Waals surface area contributed by atoms with Crippen LogP contribution in [-0.4, -0.2) is 49.5 Å². The molecule has 210 valence electrons. The van der Waals surface area contributed by atoms with Gasteiger partial charge in [-0.05, 0) is 74.6 Å². The number of nitrogens with zero attached hydrogens (tertiary/aromatic N) is 3. The van der Waals surface area contributed by atoms with E-state index in [4.69, 9.17) is 10.4 Å². The van der Waals surface area contributed by atoms with Crippen molar-refractivity contribution in [2.45, 2.75) is 60.0 Å². The van der Waals surface area contributed by atoms with Gasteiger partial charge in [0.15, 0.2) is 0 Å². The third kappa shape index (κ3) is 9.59. The summed E-state index contributed by atoms with van der Waals surface area (Å²) in [5.74, 6) is -1.08. The number of halogens is 2. The number of hydrogen-bond donors (Lipinski definition) is 5. The Kier molecular flexibility index (Phi) is 12.2. The number of amides is 2. The minimum Gasteiger partial charge on any atom is -0.379 e. The van der Waals surface area contributed by atoms with Crippen LogP contribution in [-0.2, 0) is 13.0 Å². The summed E-state index contributed by atoms with van der Waals surface area (Å²) in [5.41, 5.74) is 3.59. The summed E-state index contributed by atoms with van der Waals surface area (Å²) in [6.07, 6.45) is 8.42. The number of carbonyl (C=O) groups excluding carboxylic acids is 1. The number of guanidine groups is 1. The largest absolute Gasteiger partial charge is 0.379 e. The summed E-state index contributed by atoms with van der Waals surface area (Å²) in [4.78, 5) is 25.4. The Labute approximate surface area is 228 Å². The van der Waals surface area contributed by atoms with E-state index in [1.165, 1.54) is 6.34 Å². The molecule has 0 spiro atoms. The van der Waals surface area contributed by atoms with E-state index >= 15 is 0 Å². The van der Waals surface area contributed by atoms with E-state index in [0.717, 1.165) is 35.4 Å². The summed E-state index contributed by atoms with van der Waals surface area (Å²) in [6, 6.07) is 1.59. The number of aryl methyl sites for hydroxylation is 1. The van der Waals surface area contributed by atoms with Crippen molar-refractivity contribution >= 4 is 29.9 Å². The quantitative estimate of drug-likeness (QED) is 0.233. The summed E-state index contributed by atoms with van der Waals surface area (Å²) >= 11 is 0. The Hall–Kier alpha value is -4.15. The van der Waals surface area contributed by atoms with E-state index in [9.17, 15) is 13.6 Å². The normalized spacial score (nSPS) is 16.7. The summed E-state index contributed by atoms with van der Waals surface area (Å²) in [5, 5.41) is 19.2. The van der Waals surface area contributed by atoms with E-state index in [2.05, 4.69) is 45.1 Å². The third-order valence-corrected chi connectivity index (χ3v) is 5.87. The van der Waals surface area contributed by atoms with Gasteiger partial charge in [0.25, 0.3) is 0 Å². The molecule has 0 fully saturated rings. The lowest BCUT2D eigenvalue weighted by atomic mass is 9.97. The number of nitrogens with one attached hydrogen (secondary N) is 5. The van der Waals surface area contributed by atoms with Crippen LogP contribution in [0.5, 0.6) is 0 Å². The Morgan fingerprint density at radius 3 is 2.51 bits per heavy atom.